The maximum Gasteiger partial charge on any atom is 0.416 e. The van der Waals surface area contributed by atoms with E-state index in [-0.39, 0.29) is 5.56 Å². The summed E-state index contributed by atoms with van der Waals surface area (Å²) in [6.07, 6.45) is -1.36. The van der Waals surface area contributed by atoms with Gasteiger partial charge in [0.15, 0.2) is 0 Å². The molecule has 0 saturated heterocycles. The number of benzene rings is 2. The number of halogens is 3. The van der Waals surface area contributed by atoms with Gasteiger partial charge in [-0.15, -0.1) is 0 Å². The molecule has 0 aliphatic carbocycles. The number of alkyl halides is 3. The van der Waals surface area contributed by atoms with Crippen molar-refractivity contribution in [1.82, 2.24) is 4.98 Å². The highest BCUT2D eigenvalue weighted by molar-refractivity contribution is 5.99. The zero-order valence-corrected chi connectivity index (χ0v) is 13.7. The Labute approximate surface area is 147 Å². The van der Waals surface area contributed by atoms with Crippen molar-refractivity contribution < 1.29 is 23.1 Å². The van der Waals surface area contributed by atoms with Gasteiger partial charge in [-0.2, -0.15) is 13.2 Å². The highest BCUT2D eigenvalue weighted by Crippen LogP contribution is 2.35. The summed E-state index contributed by atoms with van der Waals surface area (Å²) < 4.78 is 39.0. The molecule has 26 heavy (non-hydrogen) atoms. The predicted molar refractivity (Wildman–Crippen MR) is 91.8 cm³/mol. The standard InChI is InChI=1S/C20H14F3NO2/c1-12-8-15(13-4-2-6-16(9-13)20(21,22)23)10-17(18(12)19(25)26)14-5-3-7-24-11-14/h2-11H,1H3,(H,25,26). The molecule has 0 atom stereocenters. The van der Waals surface area contributed by atoms with E-state index in [2.05, 4.69) is 4.98 Å². The molecule has 2 aromatic carbocycles. The number of carboxylic acids is 1. The topological polar surface area (TPSA) is 50.2 Å². The van der Waals surface area contributed by atoms with Crippen LogP contribution in [0.1, 0.15) is 21.5 Å². The minimum Gasteiger partial charge on any atom is -0.478 e. The lowest BCUT2D eigenvalue weighted by atomic mass is 9.91. The number of pyridine rings is 1. The highest BCUT2D eigenvalue weighted by atomic mass is 19.4. The Morgan fingerprint density at radius 2 is 1.73 bits per heavy atom. The van der Waals surface area contributed by atoms with E-state index in [1.54, 1.807) is 43.5 Å². The van der Waals surface area contributed by atoms with Gasteiger partial charge in [0.2, 0.25) is 0 Å². The summed E-state index contributed by atoms with van der Waals surface area (Å²) in [4.78, 5) is 15.7. The number of aryl methyl sites for hydroxylation is 1. The van der Waals surface area contributed by atoms with Crippen molar-refractivity contribution in [2.24, 2.45) is 0 Å². The quantitative estimate of drug-likeness (QED) is 0.679. The summed E-state index contributed by atoms with van der Waals surface area (Å²) in [5, 5.41) is 9.55. The number of aromatic carboxylic acids is 1. The molecule has 6 heteroatoms. The van der Waals surface area contributed by atoms with Gasteiger partial charge in [-0.05, 0) is 53.4 Å². The van der Waals surface area contributed by atoms with Gasteiger partial charge in [0.1, 0.15) is 0 Å². The minimum atomic E-state index is -4.45. The molecule has 0 fully saturated rings. The van der Waals surface area contributed by atoms with Crippen LogP contribution in [-0.4, -0.2) is 16.1 Å². The molecule has 3 nitrogen and oxygen atoms in total. The molecule has 0 aliphatic heterocycles. The Kier molecular flexibility index (Phi) is 4.50. The van der Waals surface area contributed by atoms with Crippen molar-refractivity contribution >= 4 is 5.97 Å². The summed E-state index contributed by atoms with van der Waals surface area (Å²) in [6.45, 7) is 1.63. The van der Waals surface area contributed by atoms with Crippen LogP contribution in [0, 0.1) is 6.92 Å². The summed E-state index contributed by atoms with van der Waals surface area (Å²) in [6, 6.07) is 11.5. The fourth-order valence-electron chi connectivity index (χ4n) is 2.86. The first-order chi connectivity index (χ1) is 12.3. The lowest BCUT2D eigenvalue weighted by Gasteiger charge is -2.14. The van der Waals surface area contributed by atoms with E-state index < -0.39 is 17.7 Å². The van der Waals surface area contributed by atoms with E-state index in [4.69, 9.17) is 0 Å². The lowest BCUT2D eigenvalue weighted by Crippen LogP contribution is -2.05. The van der Waals surface area contributed by atoms with Crippen molar-refractivity contribution in [3.05, 3.63) is 77.6 Å². The Bertz CT molecular complexity index is 967. The van der Waals surface area contributed by atoms with Crippen LogP contribution in [0.3, 0.4) is 0 Å². The van der Waals surface area contributed by atoms with Crippen LogP contribution in [0.25, 0.3) is 22.3 Å². The van der Waals surface area contributed by atoms with Crippen LogP contribution in [0.4, 0.5) is 13.2 Å². The van der Waals surface area contributed by atoms with Gasteiger partial charge in [0, 0.05) is 18.0 Å². The molecule has 0 saturated carbocycles. The van der Waals surface area contributed by atoms with Gasteiger partial charge >= 0.3 is 12.1 Å². The maximum absolute atomic E-state index is 13.0. The zero-order chi connectivity index (χ0) is 18.9. The minimum absolute atomic E-state index is 0.105. The van der Waals surface area contributed by atoms with E-state index in [0.717, 1.165) is 12.1 Å². The molecule has 0 amide bonds. The maximum atomic E-state index is 13.0. The number of carboxylic acid groups (broad SMARTS) is 1. The van der Waals surface area contributed by atoms with Crippen LogP contribution in [-0.2, 0) is 6.18 Å². The molecule has 0 unspecified atom stereocenters. The molecule has 0 aliphatic rings. The third kappa shape index (κ3) is 3.44. The Morgan fingerprint density at radius 3 is 2.35 bits per heavy atom. The van der Waals surface area contributed by atoms with Crippen molar-refractivity contribution in [2.75, 3.05) is 0 Å². The van der Waals surface area contributed by atoms with Crippen LogP contribution >= 0.6 is 0 Å². The highest BCUT2D eigenvalue weighted by Gasteiger charge is 2.30. The summed E-state index contributed by atoms with van der Waals surface area (Å²) >= 11 is 0. The summed E-state index contributed by atoms with van der Waals surface area (Å²) in [5.74, 6) is -1.10. The molecule has 1 aromatic heterocycles. The second-order valence-corrected chi connectivity index (χ2v) is 5.84. The van der Waals surface area contributed by atoms with Gasteiger partial charge in [-0.25, -0.2) is 4.79 Å². The first kappa shape index (κ1) is 17.7. The molecule has 0 bridgehead atoms. The molecule has 0 radical (unpaired) electrons. The molecule has 0 spiro atoms. The molecule has 3 rings (SSSR count). The van der Waals surface area contributed by atoms with Gasteiger partial charge in [-0.3, -0.25) is 4.98 Å². The fourth-order valence-corrected chi connectivity index (χ4v) is 2.86. The number of hydrogen-bond acceptors (Lipinski definition) is 2. The fraction of sp³-hybridized carbons (Fsp3) is 0.100. The monoisotopic (exact) mass is 357 g/mol. The van der Waals surface area contributed by atoms with Gasteiger partial charge in [-0.1, -0.05) is 24.3 Å². The second kappa shape index (κ2) is 6.63. The van der Waals surface area contributed by atoms with Crippen molar-refractivity contribution in [3.8, 4) is 22.3 Å². The van der Waals surface area contributed by atoms with Gasteiger partial charge < -0.3 is 5.11 Å². The first-order valence-electron chi connectivity index (χ1n) is 7.73. The Morgan fingerprint density at radius 1 is 1.00 bits per heavy atom. The molecular formula is C20H14F3NO2. The van der Waals surface area contributed by atoms with Gasteiger partial charge in [0.25, 0.3) is 0 Å². The van der Waals surface area contributed by atoms with Crippen LogP contribution < -0.4 is 0 Å². The molecule has 1 heterocycles. The average Bonchev–Trinajstić information content (AvgIpc) is 2.61. The van der Waals surface area contributed by atoms with Crippen LogP contribution in [0.5, 0.6) is 0 Å². The third-order valence-electron chi connectivity index (χ3n) is 4.05. The smallest absolute Gasteiger partial charge is 0.416 e. The average molecular weight is 357 g/mol. The number of carbonyl (C=O) groups is 1. The number of hydrogen-bond donors (Lipinski definition) is 1. The summed E-state index contributed by atoms with van der Waals surface area (Å²) in [7, 11) is 0. The van der Waals surface area contributed by atoms with E-state index in [1.165, 1.54) is 12.3 Å². The Hall–Kier alpha value is -3.15. The molecule has 1 N–H and O–H groups in total. The molecule has 132 valence electrons. The molecule has 3 aromatic rings. The normalized spacial score (nSPS) is 11.4. The largest absolute Gasteiger partial charge is 0.478 e. The number of nitrogens with zero attached hydrogens (tertiary/aromatic N) is 1. The Balaban J connectivity index is 2.22. The first-order valence-corrected chi connectivity index (χ1v) is 7.73. The SMILES string of the molecule is Cc1cc(-c2cccc(C(F)(F)F)c2)cc(-c2cccnc2)c1C(=O)O. The van der Waals surface area contributed by atoms with E-state index in [9.17, 15) is 23.1 Å². The third-order valence-corrected chi connectivity index (χ3v) is 4.05. The van der Waals surface area contributed by atoms with E-state index in [1.807, 2.05) is 0 Å². The zero-order valence-electron chi connectivity index (χ0n) is 13.7. The van der Waals surface area contributed by atoms with Crippen LogP contribution in [0.15, 0.2) is 60.9 Å². The summed E-state index contributed by atoms with van der Waals surface area (Å²) in [5.41, 5.74) is 1.69. The molecular weight excluding hydrogens is 343 g/mol. The van der Waals surface area contributed by atoms with Gasteiger partial charge in [0.05, 0.1) is 11.1 Å². The lowest BCUT2D eigenvalue weighted by molar-refractivity contribution is -0.137. The predicted octanol–water partition coefficient (Wildman–Crippen LogP) is 5.44. The van der Waals surface area contributed by atoms with Crippen molar-refractivity contribution in [2.45, 2.75) is 13.1 Å². The number of aromatic nitrogens is 1. The van der Waals surface area contributed by atoms with E-state index in [0.29, 0.717) is 27.8 Å². The van der Waals surface area contributed by atoms with Crippen molar-refractivity contribution in [3.63, 3.8) is 0 Å². The van der Waals surface area contributed by atoms with E-state index >= 15 is 0 Å². The second-order valence-electron chi connectivity index (χ2n) is 5.84. The van der Waals surface area contributed by atoms with Crippen LogP contribution in [0.2, 0.25) is 0 Å². The number of rotatable bonds is 3. The van der Waals surface area contributed by atoms with Crippen molar-refractivity contribution in [1.29, 1.82) is 0 Å².